The summed E-state index contributed by atoms with van der Waals surface area (Å²) in [6.45, 7) is 31.1. The van der Waals surface area contributed by atoms with E-state index in [4.69, 9.17) is 43.0 Å². The second kappa shape index (κ2) is 37.6. The third-order valence-corrected chi connectivity index (χ3v) is 20.8. The number of aryl methyl sites for hydroxylation is 3. The first kappa shape index (κ1) is 69.9. The zero-order chi connectivity index (χ0) is 52.9. The van der Waals surface area contributed by atoms with Crippen molar-refractivity contribution >= 4 is 54.1 Å². The third-order valence-electron chi connectivity index (χ3n) is 12.0. The Kier molecular flexibility index (Phi) is 36.5. The van der Waals surface area contributed by atoms with Gasteiger partial charge in [0.05, 0.1) is 0 Å². The lowest BCUT2D eigenvalue weighted by molar-refractivity contribution is 0.759. The summed E-state index contributed by atoms with van der Waals surface area (Å²) < 4.78 is 2.65. The summed E-state index contributed by atoms with van der Waals surface area (Å²) in [6, 6.07) is 33.6. The van der Waals surface area contributed by atoms with Gasteiger partial charge < -0.3 is 9.88 Å². The van der Waals surface area contributed by atoms with Crippen molar-refractivity contribution in [2.75, 3.05) is 7.05 Å². The van der Waals surface area contributed by atoms with Gasteiger partial charge in [0, 0.05) is 45.6 Å². The molecule has 0 fully saturated rings. The van der Waals surface area contributed by atoms with Crippen molar-refractivity contribution in [3.63, 3.8) is 0 Å². The topological polar surface area (TPSA) is 29.3 Å². The molecule has 5 rings (SSSR count). The SMILES string of the molecule is C.C.C#Cc1ccc(CCCC)cc1.CCCCc1ccc(C#Cc2ccc(C#Cc3ccc(CCCC)cc3)c(CC)c2C)cc1.CCc1c(Cl)ccc(Cl)c1C.CN([Si](C)(C)C)[Si](C)(C)C.[B]B(C)N. The van der Waals surface area contributed by atoms with Gasteiger partial charge in [-0.05, 0) is 172 Å². The summed E-state index contributed by atoms with van der Waals surface area (Å²) in [4.78, 5) is 0. The Bertz CT molecular complexity index is 2420. The summed E-state index contributed by atoms with van der Waals surface area (Å²) in [5.41, 5.74) is 19.2. The zero-order valence-corrected chi connectivity index (χ0v) is 49.5. The van der Waals surface area contributed by atoms with Gasteiger partial charge in [0.15, 0.2) is 6.74 Å². The van der Waals surface area contributed by atoms with E-state index < -0.39 is 16.5 Å². The van der Waals surface area contributed by atoms with Gasteiger partial charge >= 0.3 is 0 Å². The van der Waals surface area contributed by atoms with Crippen LogP contribution in [0.15, 0.2) is 97.1 Å². The fraction of sp³-hybridized carbons (Fsp3) is 0.438. The predicted molar refractivity (Wildman–Crippen MR) is 336 cm³/mol. The fourth-order valence-electron chi connectivity index (χ4n) is 7.30. The average molecular weight is 1040 g/mol. The van der Waals surface area contributed by atoms with Gasteiger partial charge in [-0.3, -0.25) is 0 Å². The second-order valence-electron chi connectivity index (χ2n) is 19.9. The summed E-state index contributed by atoms with van der Waals surface area (Å²) in [7, 11) is 5.18. The molecule has 0 aliphatic rings. The number of unbranched alkanes of at least 4 members (excludes halogenated alkanes) is 3. The maximum Gasteiger partial charge on any atom is 0.159 e. The molecule has 0 heterocycles. The number of terminal acetylenes is 1. The Morgan fingerprint density at radius 2 is 0.861 bits per heavy atom. The summed E-state index contributed by atoms with van der Waals surface area (Å²) in [6.07, 6.45) is 18.0. The van der Waals surface area contributed by atoms with Gasteiger partial charge in [-0.1, -0.05) is 204 Å². The van der Waals surface area contributed by atoms with E-state index in [9.17, 15) is 0 Å². The van der Waals surface area contributed by atoms with E-state index in [2.05, 4.69) is 195 Å². The van der Waals surface area contributed by atoms with E-state index in [0.29, 0.717) is 0 Å². The summed E-state index contributed by atoms with van der Waals surface area (Å²) in [5, 5.41) is 1.61. The maximum absolute atomic E-state index is 5.94. The van der Waals surface area contributed by atoms with Crippen LogP contribution in [-0.4, -0.2) is 42.2 Å². The Morgan fingerprint density at radius 1 is 0.528 bits per heavy atom. The van der Waals surface area contributed by atoms with E-state index in [1.165, 1.54) is 72.8 Å². The molecule has 0 spiro atoms. The molecule has 0 saturated carbocycles. The third kappa shape index (κ3) is 27.8. The molecule has 0 atom stereocenters. The van der Waals surface area contributed by atoms with Crippen LogP contribution in [0.25, 0.3) is 0 Å². The normalized spacial score (nSPS) is 10.1. The molecule has 0 aliphatic carbocycles. The van der Waals surface area contributed by atoms with Crippen molar-refractivity contribution in [3.8, 4) is 36.0 Å². The molecule has 0 unspecified atom stereocenters. The van der Waals surface area contributed by atoms with E-state index in [0.717, 1.165) is 74.7 Å². The van der Waals surface area contributed by atoms with Crippen molar-refractivity contribution < 1.29 is 0 Å². The van der Waals surface area contributed by atoms with Crippen LogP contribution in [-0.2, 0) is 32.1 Å². The lowest BCUT2D eigenvalue weighted by Crippen LogP contribution is -2.56. The van der Waals surface area contributed by atoms with Crippen molar-refractivity contribution in [1.82, 2.24) is 4.23 Å². The minimum Gasteiger partial charge on any atom is -0.377 e. The monoisotopic (exact) mass is 1040 g/mol. The molecule has 2 nitrogen and oxygen atoms in total. The number of nitrogens with two attached hydrogens (primary N) is 1. The molecular formula is C64H94B2Cl2N2Si2. The first-order valence-electron chi connectivity index (χ1n) is 25.6. The van der Waals surface area contributed by atoms with E-state index >= 15 is 0 Å². The highest BCUT2D eigenvalue weighted by atomic mass is 35.5. The van der Waals surface area contributed by atoms with Crippen LogP contribution >= 0.6 is 23.2 Å². The molecule has 0 aromatic heterocycles. The molecule has 5 aromatic rings. The Morgan fingerprint density at radius 3 is 1.17 bits per heavy atom. The van der Waals surface area contributed by atoms with Gasteiger partial charge in [0.1, 0.15) is 16.5 Å². The summed E-state index contributed by atoms with van der Waals surface area (Å²) >= 11 is 11.8. The van der Waals surface area contributed by atoms with Crippen molar-refractivity contribution in [2.45, 2.75) is 180 Å². The quantitative estimate of drug-likeness (QED) is 0.0941. The van der Waals surface area contributed by atoms with Crippen LogP contribution in [0, 0.1) is 49.9 Å². The minimum atomic E-state index is -1.00. The molecule has 0 saturated heterocycles. The highest BCUT2D eigenvalue weighted by Gasteiger charge is 2.30. The average Bonchev–Trinajstić information content (AvgIpc) is 3.33. The van der Waals surface area contributed by atoms with Crippen LogP contribution in [0.3, 0.4) is 0 Å². The number of hydrogen-bond acceptors (Lipinski definition) is 2. The van der Waals surface area contributed by atoms with Crippen LogP contribution in [0.4, 0.5) is 0 Å². The number of rotatable bonds is 13. The molecule has 2 N–H and O–H groups in total. The van der Waals surface area contributed by atoms with Gasteiger partial charge in [-0.2, -0.15) is 0 Å². The predicted octanol–water partition coefficient (Wildman–Crippen LogP) is 18.0. The molecule has 5 aromatic carbocycles. The number of nitrogens with zero attached hydrogens (tertiary/aromatic N) is 1. The molecule has 2 radical (unpaired) electrons. The molecule has 8 heteroatoms. The van der Waals surface area contributed by atoms with Gasteiger partial charge in [-0.15, -0.1) is 6.42 Å². The Hall–Kier alpha value is -4.16. The van der Waals surface area contributed by atoms with Gasteiger partial charge in [0.25, 0.3) is 0 Å². The molecule has 0 bridgehead atoms. The first-order valence-corrected chi connectivity index (χ1v) is 33.3. The van der Waals surface area contributed by atoms with E-state index in [1.54, 1.807) is 6.82 Å². The Balaban J connectivity index is 0. The van der Waals surface area contributed by atoms with Crippen LogP contribution in [0.2, 0.25) is 56.2 Å². The largest absolute Gasteiger partial charge is 0.377 e. The van der Waals surface area contributed by atoms with Gasteiger partial charge in [0.2, 0.25) is 0 Å². The lowest BCUT2D eigenvalue weighted by atomic mass is 9.46. The van der Waals surface area contributed by atoms with Crippen molar-refractivity contribution in [3.05, 3.63) is 174 Å². The van der Waals surface area contributed by atoms with E-state index in [-0.39, 0.29) is 21.6 Å². The Labute approximate surface area is 458 Å². The highest BCUT2D eigenvalue weighted by molar-refractivity contribution is 7.00. The maximum atomic E-state index is 5.94. The molecule has 0 aliphatic heterocycles. The first-order chi connectivity index (χ1) is 33.1. The number of halogens is 2. The minimum absolute atomic E-state index is 0. The smallest absolute Gasteiger partial charge is 0.159 e. The lowest BCUT2D eigenvalue weighted by Gasteiger charge is -2.40. The fourth-order valence-corrected chi connectivity index (χ4v) is 15.9. The highest BCUT2D eigenvalue weighted by Crippen LogP contribution is 2.26. The van der Waals surface area contributed by atoms with Crippen molar-refractivity contribution in [1.29, 1.82) is 0 Å². The zero-order valence-electron chi connectivity index (χ0n) is 46.0. The molecule has 0 amide bonds. The second-order valence-corrected chi connectivity index (χ2v) is 31.2. The van der Waals surface area contributed by atoms with Crippen LogP contribution < -0.4 is 5.64 Å². The van der Waals surface area contributed by atoms with E-state index in [1.807, 2.05) is 31.2 Å². The molecule has 72 heavy (non-hydrogen) atoms. The van der Waals surface area contributed by atoms with Crippen molar-refractivity contribution in [2.24, 2.45) is 5.64 Å². The standard InChI is InChI=1S/C33H36.C12H14.C9H10Cl2.C7H21NSi2.CH5B2N.2CH4/c1-5-8-10-27-12-16-29(17-13-27)20-22-31-24-25-32(33(7-3)26(31)4)23-21-30-18-14-28(15-19-30)11-9-6-2;1-3-5-6-12-9-7-11(4-2)8-10-12;1-3-7-6(2)8(10)4-5-9(7)11;1-8(9(2,3)4)10(5,6)7;1-3(2)4;;/h12-19,24-25H,5-11H2,1-4H3;2,7-10H,3,5-6H2,1H3;4-5H,3H2,1-2H3;1-7H3;4H2,1H3;2*1H4. The molecular weight excluding hydrogens is 945 g/mol. The molecule has 388 valence electrons. The van der Waals surface area contributed by atoms with Crippen LogP contribution in [0.1, 0.15) is 155 Å². The summed E-state index contributed by atoms with van der Waals surface area (Å²) in [5.74, 6) is 16.1. The number of hydrogen-bond donors (Lipinski definition) is 1. The van der Waals surface area contributed by atoms with Crippen LogP contribution in [0.5, 0.6) is 0 Å². The van der Waals surface area contributed by atoms with Gasteiger partial charge in [-0.25, -0.2) is 0 Å². The number of benzene rings is 5.